The number of carbonyl (C=O) groups is 2. The fourth-order valence-corrected chi connectivity index (χ4v) is 3.58. The number of pyridine rings is 2. The number of amides is 3. The molecule has 0 spiro atoms. The van der Waals surface area contributed by atoms with Gasteiger partial charge in [-0.3, -0.25) is 14.7 Å². The van der Waals surface area contributed by atoms with Gasteiger partial charge in [0.25, 0.3) is 5.91 Å². The van der Waals surface area contributed by atoms with E-state index in [-0.39, 0.29) is 21.8 Å². The molecule has 0 aliphatic heterocycles. The summed E-state index contributed by atoms with van der Waals surface area (Å²) in [5.41, 5.74) is 2.63. The van der Waals surface area contributed by atoms with Crippen LogP contribution in [0, 0.1) is 6.92 Å². The molecule has 0 saturated heterocycles. The second-order valence-electron chi connectivity index (χ2n) is 6.64. The lowest BCUT2D eigenvalue weighted by Crippen LogP contribution is -2.36. The molecule has 0 aliphatic rings. The van der Waals surface area contributed by atoms with E-state index in [0.717, 1.165) is 10.9 Å². The van der Waals surface area contributed by atoms with Crippen LogP contribution in [0.2, 0.25) is 10.2 Å². The summed E-state index contributed by atoms with van der Waals surface area (Å²) in [4.78, 5) is 36.7. The van der Waals surface area contributed by atoms with Crippen LogP contribution in [-0.4, -0.2) is 47.9 Å². The van der Waals surface area contributed by atoms with E-state index in [1.165, 1.54) is 17.2 Å². The fourth-order valence-electron chi connectivity index (χ4n) is 3.05. The van der Waals surface area contributed by atoms with Gasteiger partial charge in [0.05, 0.1) is 27.5 Å². The molecule has 0 atom stereocenters. The maximum absolute atomic E-state index is 12.8. The summed E-state index contributed by atoms with van der Waals surface area (Å²) in [5, 5.41) is 3.73. The molecule has 2 aromatic heterocycles. The van der Waals surface area contributed by atoms with Crippen molar-refractivity contribution in [2.75, 3.05) is 31.4 Å². The molecule has 0 radical (unpaired) electrons. The Labute approximate surface area is 178 Å². The van der Waals surface area contributed by atoms with Gasteiger partial charge in [-0.05, 0) is 24.6 Å². The van der Waals surface area contributed by atoms with Gasteiger partial charge in [-0.15, -0.1) is 0 Å². The van der Waals surface area contributed by atoms with E-state index >= 15 is 0 Å². The van der Waals surface area contributed by atoms with Gasteiger partial charge in [-0.1, -0.05) is 35.3 Å². The van der Waals surface area contributed by atoms with E-state index in [2.05, 4.69) is 15.3 Å². The van der Waals surface area contributed by atoms with Crippen molar-refractivity contribution in [1.82, 2.24) is 14.9 Å². The molecule has 1 N–H and O–H groups in total. The Morgan fingerprint density at radius 1 is 1.07 bits per heavy atom. The minimum absolute atomic E-state index is 0.0102. The molecule has 29 heavy (non-hydrogen) atoms. The first-order valence-corrected chi connectivity index (χ1v) is 9.42. The van der Waals surface area contributed by atoms with Gasteiger partial charge in [-0.25, -0.2) is 9.78 Å². The first-order chi connectivity index (χ1) is 13.7. The number of carbonyl (C=O) groups excluding carboxylic acids is 2. The van der Waals surface area contributed by atoms with Gasteiger partial charge in [0, 0.05) is 38.9 Å². The Morgan fingerprint density at radius 3 is 2.45 bits per heavy atom. The molecule has 2 heterocycles. The number of hydrogen-bond donors (Lipinski definition) is 1. The van der Waals surface area contributed by atoms with Gasteiger partial charge in [0.2, 0.25) is 0 Å². The van der Waals surface area contributed by atoms with Gasteiger partial charge < -0.3 is 10.2 Å². The number of fused-ring (bicyclic) bond motifs is 1. The third-order valence-corrected chi connectivity index (χ3v) is 4.99. The number of urea groups is 1. The quantitative estimate of drug-likeness (QED) is 0.613. The number of para-hydroxylation sites is 1. The summed E-state index contributed by atoms with van der Waals surface area (Å²) >= 11 is 12.2. The molecule has 3 aromatic rings. The van der Waals surface area contributed by atoms with Crippen LogP contribution in [0.3, 0.4) is 0 Å². The Morgan fingerprint density at radius 2 is 1.79 bits per heavy atom. The number of hydrogen-bond acceptors (Lipinski definition) is 4. The second-order valence-corrected chi connectivity index (χ2v) is 7.41. The largest absolute Gasteiger partial charge is 0.330 e. The lowest BCUT2D eigenvalue weighted by atomic mass is 10.1. The van der Waals surface area contributed by atoms with Crippen LogP contribution in [0.4, 0.5) is 16.2 Å². The molecule has 150 valence electrons. The number of halogens is 2. The SMILES string of the molecule is Cc1cnc2c(NC(=O)c3c(Cl)ccnc3Cl)cccc2c1N(C)C(=O)N(C)C. The topological polar surface area (TPSA) is 78.4 Å². The molecule has 0 unspecified atom stereocenters. The molecule has 7 nitrogen and oxygen atoms in total. The van der Waals surface area contributed by atoms with Crippen molar-refractivity contribution in [2.24, 2.45) is 0 Å². The lowest BCUT2D eigenvalue weighted by molar-refractivity contribution is 0.102. The number of anilines is 2. The van der Waals surface area contributed by atoms with Crippen molar-refractivity contribution in [3.8, 4) is 0 Å². The van der Waals surface area contributed by atoms with Crippen molar-refractivity contribution in [3.05, 3.63) is 58.0 Å². The smallest absolute Gasteiger partial charge is 0.323 e. The maximum Gasteiger partial charge on any atom is 0.323 e. The summed E-state index contributed by atoms with van der Waals surface area (Å²) in [5.74, 6) is -0.498. The Kier molecular flexibility index (Phi) is 5.91. The predicted octanol–water partition coefficient (Wildman–Crippen LogP) is 4.62. The van der Waals surface area contributed by atoms with Crippen molar-refractivity contribution in [3.63, 3.8) is 0 Å². The molecule has 0 saturated carbocycles. The summed E-state index contributed by atoms with van der Waals surface area (Å²) in [7, 11) is 5.07. The molecule has 1 aromatic carbocycles. The second kappa shape index (κ2) is 8.23. The minimum atomic E-state index is -0.498. The van der Waals surface area contributed by atoms with Crippen LogP contribution in [0.5, 0.6) is 0 Å². The van der Waals surface area contributed by atoms with Crippen molar-refractivity contribution < 1.29 is 9.59 Å². The summed E-state index contributed by atoms with van der Waals surface area (Å²) in [6, 6.07) is 6.67. The molecular formula is C20H19Cl2N5O2. The monoisotopic (exact) mass is 431 g/mol. The maximum atomic E-state index is 12.8. The molecule has 3 amide bonds. The number of aromatic nitrogens is 2. The molecule has 0 bridgehead atoms. The zero-order chi connectivity index (χ0) is 21.3. The summed E-state index contributed by atoms with van der Waals surface area (Å²) < 4.78 is 0. The summed E-state index contributed by atoms with van der Waals surface area (Å²) in [6.45, 7) is 1.88. The zero-order valence-corrected chi connectivity index (χ0v) is 17.8. The molecule has 0 aliphatic carbocycles. The third-order valence-electron chi connectivity index (χ3n) is 4.39. The van der Waals surface area contributed by atoms with Crippen molar-refractivity contribution >= 4 is 57.4 Å². The van der Waals surface area contributed by atoms with E-state index in [0.29, 0.717) is 16.9 Å². The number of nitrogens with one attached hydrogen (secondary N) is 1. The third kappa shape index (κ3) is 3.97. The number of aryl methyl sites for hydroxylation is 1. The van der Waals surface area contributed by atoms with Crippen LogP contribution in [0.1, 0.15) is 15.9 Å². The van der Waals surface area contributed by atoms with Crippen LogP contribution >= 0.6 is 23.2 Å². The van der Waals surface area contributed by atoms with E-state index < -0.39 is 5.91 Å². The van der Waals surface area contributed by atoms with Gasteiger partial charge >= 0.3 is 6.03 Å². The van der Waals surface area contributed by atoms with Gasteiger partial charge in [0.15, 0.2) is 0 Å². The number of benzene rings is 1. The number of rotatable bonds is 3. The molecule has 9 heteroatoms. The van der Waals surface area contributed by atoms with Crippen LogP contribution in [0.25, 0.3) is 10.9 Å². The molecule has 0 fully saturated rings. The highest BCUT2D eigenvalue weighted by Gasteiger charge is 2.21. The first-order valence-electron chi connectivity index (χ1n) is 8.67. The average Bonchev–Trinajstić information content (AvgIpc) is 2.66. The first kappa shape index (κ1) is 20.8. The Balaban J connectivity index is 2.08. The van der Waals surface area contributed by atoms with E-state index in [9.17, 15) is 9.59 Å². The van der Waals surface area contributed by atoms with Gasteiger partial charge in [0.1, 0.15) is 5.15 Å². The highest BCUT2D eigenvalue weighted by atomic mass is 35.5. The van der Waals surface area contributed by atoms with Crippen LogP contribution < -0.4 is 10.2 Å². The normalized spacial score (nSPS) is 10.7. The summed E-state index contributed by atoms with van der Waals surface area (Å²) in [6.07, 6.45) is 3.09. The predicted molar refractivity (Wildman–Crippen MR) is 116 cm³/mol. The van der Waals surface area contributed by atoms with Crippen molar-refractivity contribution in [2.45, 2.75) is 6.92 Å². The highest BCUT2D eigenvalue weighted by molar-refractivity contribution is 6.39. The van der Waals surface area contributed by atoms with E-state index in [1.54, 1.807) is 44.4 Å². The fraction of sp³-hybridized carbons (Fsp3) is 0.200. The lowest BCUT2D eigenvalue weighted by Gasteiger charge is -2.25. The Bertz CT molecular complexity index is 1100. The van der Waals surface area contributed by atoms with Gasteiger partial charge in [-0.2, -0.15) is 0 Å². The number of nitrogens with zero attached hydrogens (tertiary/aromatic N) is 4. The van der Waals surface area contributed by atoms with E-state index in [4.69, 9.17) is 23.2 Å². The molecular weight excluding hydrogens is 413 g/mol. The Hall–Kier alpha value is -2.90. The highest BCUT2D eigenvalue weighted by Crippen LogP contribution is 2.33. The van der Waals surface area contributed by atoms with E-state index in [1.807, 2.05) is 13.0 Å². The standard InChI is InChI=1S/C20H19Cl2N5O2/c1-11-10-24-16-12(17(11)27(4)20(29)26(2)3)6-5-7-14(16)25-19(28)15-13(21)8-9-23-18(15)22/h5-10H,1-4H3,(H,25,28). The average molecular weight is 432 g/mol. The molecule has 3 rings (SSSR count). The van der Waals surface area contributed by atoms with Crippen LogP contribution in [0.15, 0.2) is 36.7 Å². The van der Waals surface area contributed by atoms with Crippen molar-refractivity contribution in [1.29, 1.82) is 0 Å². The van der Waals surface area contributed by atoms with Crippen LogP contribution in [-0.2, 0) is 0 Å². The minimum Gasteiger partial charge on any atom is -0.330 e. The zero-order valence-electron chi connectivity index (χ0n) is 16.3.